The first-order valence-corrected chi connectivity index (χ1v) is 12.0. The van der Waals surface area contributed by atoms with Crippen LogP contribution in [0.25, 0.3) is 0 Å². The predicted molar refractivity (Wildman–Crippen MR) is 121 cm³/mol. The quantitative estimate of drug-likeness (QED) is 0.550. The van der Waals surface area contributed by atoms with Crippen LogP contribution in [0.1, 0.15) is 56.4 Å². The molecule has 3 atom stereocenters. The second-order valence-corrected chi connectivity index (χ2v) is 9.38. The molecule has 0 saturated carbocycles. The van der Waals surface area contributed by atoms with E-state index in [2.05, 4.69) is 52.0 Å². The molecule has 3 heterocycles. The summed E-state index contributed by atoms with van der Waals surface area (Å²) in [6.07, 6.45) is 6.48. The molecule has 6 nitrogen and oxygen atoms in total. The third kappa shape index (κ3) is 5.95. The zero-order chi connectivity index (χ0) is 20.6. The Morgan fingerprint density at radius 3 is 2.83 bits per heavy atom. The fourth-order valence-corrected chi connectivity index (χ4v) is 5.71. The third-order valence-electron chi connectivity index (χ3n) is 6.35. The lowest BCUT2D eigenvalue weighted by molar-refractivity contribution is -0.134. The Morgan fingerprint density at radius 1 is 1.24 bits per heavy atom. The zero-order valence-electron chi connectivity index (χ0n) is 18.2. The Bertz CT molecular complexity index is 662. The van der Waals surface area contributed by atoms with E-state index in [0.717, 1.165) is 38.4 Å². The molecule has 0 aromatic carbocycles. The van der Waals surface area contributed by atoms with Gasteiger partial charge in [-0.25, -0.2) is 0 Å². The first kappa shape index (κ1) is 22.1. The molecule has 2 fully saturated rings. The van der Waals surface area contributed by atoms with E-state index in [1.807, 2.05) is 16.2 Å². The summed E-state index contributed by atoms with van der Waals surface area (Å²) in [6, 6.07) is 5.25. The van der Waals surface area contributed by atoms with Gasteiger partial charge in [0.05, 0.1) is 0 Å². The molecule has 1 aromatic rings. The SMILES string of the molecule is CN=C(NCCC(=O)N1CCCCC1C)NCC1CCCN(C)C1c1cccs1. The number of nitrogens with zero attached hydrogens (tertiary/aromatic N) is 3. The number of piperidine rings is 2. The topological polar surface area (TPSA) is 60.0 Å². The van der Waals surface area contributed by atoms with E-state index in [1.165, 1.54) is 24.1 Å². The van der Waals surface area contributed by atoms with Crippen LogP contribution in [0.2, 0.25) is 0 Å². The number of nitrogens with one attached hydrogen (secondary N) is 2. The molecule has 0 radical (unpaired) electrons. The second kappa shape index (κ2) is 11.0. The summed E-state index contributed by atoms with van der Waals surface area (Å²) in [4.78, 5) is 22.9. The molecule has 0 aliphatic carbocycles. The number of rotatable bonds is 6. The Kier molecular flexibility index (Phi) is 8.36. The predicted octanol–water partition coefficient (Wildman–Crippen LogP) is 3.09. The van der Waals surface area contributed by atoms with Gasteiger partial charge in [0, 0.05) is 50.1 Å². The number of aliphatic imine (C=N–C) groups is 1. The van der Waals surface area contributed by atoms with E-state index in [1.54, 1.807) is 7.05 Å². The van der Waals surface area contributed by atoms with Crippen molar-refractivity contribution in [1.82, 2.24) is 20.4 Å². The highest BCUT2D eigenvalue weighted by Gasteiger charge is 2.31. The maximum atomic E-state index is 12.5. The van der Waals surface area contributed by atoms with Crippen LogP contribution < -0.4 is 10.6 Å². The van der Waals surface area contributed by atoms with Gasteiger partial charge in [0.15, 0.2) is 5.96 Å². The molecule has 29 heavy (non-hydrogen) atoms. The van der Waals surface area contributed by atoms with E-state index in [9.17, 15) is 4.79 Å². The van der Waals surface area contributed by atoms with Crippen LogP contribution in [0.4, 0.5) is 0 Å². The number of guanidine groups is 1. The van der Waals surface area contributed by atoms with E-state index in [0.29, 0.717) is 31.0 Å². The molecule has 2 saturated heterocycles. The highest BCUT2D eigenvalue weighted by Crippen LogP contribution is 2.36. The van der Waals surface area contributed by atoms with Gasteiger partial charge in [-0.15, -0.1) is 11.3 Å². The van der Waals surface area contributed by atoms with Crippen molar-refractivity contribution in [3.8, 4) is 0 Å². The zero-order valence-corrected chi connectivity index (χ0v) is 19.0. The standard InChI is InChI=1S/C22H37N5OS/c1-17-8-4-5-14-27(17)20(28)11-12-24-22(23-2)25-16-18-9-6-13-26(3)21(18)19-10-7-15-29-19/h7,10,15,17-18,21H,4-6,8-9,11-14,16H2,1-3H3,(H2,23,24,25). The van der Waals surface area contributed by atoms with Crippen LogP contribution >= 0.6 is 11.3 Å². The first-order valence-electron chi connectivity index (χ1n) is 11.1. The molecule has 1 amide bonds. The normalized spacial score (nSPS) is 26.4. The van der Waals surface area contributed by atoms with Crippen LogP contribution in [0, 0.1) is 5.92 Å². The van der Waals surface area contributed by atoms with Crippen molar-refractivity contribution in [2.24, 2.45) is 10.9 Å². The summed E-state index contributed by atoms with van der Waals surface area (Å²) in [5.74, 6) is 1.61. The molecule has 2 N–H and O–H groups in total. The van der Waals surface area contributed by atoms with E-state index in [-0.39, 0.29) is 5.91 Å². The Balaban J connectivity index is 1.45. The van der Waals surface area contributed by atoms with Gasteiger partial charge in [-0.2, -0.15) is 0 Å². The molecule has 0 spiro atoms. The monoisotopic (exact) mass is 419 g/mol. The van der Waals surface area contributed by atoms with Crippen LogP contribution in [0.3, 0.4) is 0 Å². The van der Waals surface area contributed by atoms with Gasteiger partial charge in [-0.05, 0) is 70.0 Å². The van der Waals surface area contributed by atoms with Gasteiger partial charge in [0.2, 0.25) is 5.91 Å². The van der Waals surface area contributed by atoms with Crippen LogP contribution in [0.5, 0.6) is 0 Å². The number of thiophene rings is 1. The summed E-state index contributed by atoms with van der Waals surface area (Å²) in [5.41, 5.74) is 0. The largest absolute Gasteiger partial charge is 0.356 e. The fraction of sp³-hybridized carbons (Fsp3) is 0.727. The minimum absolute atomic E-state index is 0.256. The molecule has 2 aliphatic rings. The number of carbonyl (C=O) groups excluding carboxylic acids is 1. The summed E-state index contributed by atoms with van der Waals surface area (Å²) in [6.45, 7) is 5.75. The van der Waals surface area contributed by atoms with Crippen LogP contribution in [0.15, 0.2) is 22.5 Å². The van der Waals surface area contributed by atoms with Gasteiger partial charge >= 0.3 is 0 Å². The molecule has 7 heteroatoms. The Morgan fingerprint density at radius 2 is 2.10 bits per heavy atom. The van der Waals surface area contributed by atoms with Crippen molar-refractivity contribution in [3.05, 3.63) is 22.4 Å². The summed E-state index contributed by atoms with van der Waals surface area (Å²) in [7, 11) is 4.03. The number of likely N-dealkylation sites (tertiary alicyclic amines) is 2. The van der Waals surface area contributed by atoms with Gasteiger partial charge in [-0.3, -0.25) is 14.7 Å². The molecule has 3 rings (SSSR count). The minimum Gasteiger partial charge on any atom is -0.356 e. The van der Waals surface area contributed by atoms with Crippen molar-refractivity contribution >= 4 is 23.2 Å². The lowest BCUT2D eigenvalue weighted by atomic mass is 9.88. The third-order valence-corrected chi connectivity index (χ3v) is 7.29. The summed E-state index contributed by atoms with van der Waals surface area (Å²) in [5, 5.41) is 9.01. The molecule has 2 aliphatic heterocycles. The second-order valence-electron chi connectivity index (χ2n) is 8.40. The number of hydrogen-bond donors (Lipinski definition) is 2. The summed E-state index contributed by atoms with van der Waals surface area (Å²) < 4.78 is 0. The van der Waals surface area contributed by atoms with Crippen molar-refractivity contribution < 1.29 is 4.79 Å². The lowest BCUT2D eigenvalue weighted by Crippen LogP contribution is -2.46. The van der Waals surface area contributed by atoms with Gasteiger partial charge < -0.3 is 15.5 Å². The molecule has 162 valence electrons. The first-order chi connectivity index (χ1) is 14.1. The molecule has 3 unspecified atom stereocenters. The van der Waals surface area contributed by atoms with Crippen LogP contribution in [-0.2, 0) is 4.79 Å². The summed E-state index contributed by atoms with van der Waals surface area (Å²) >= 11 is 1.85. The molecular weight excluding hydrogens is 382 g/mol. The van der Waals surface area contributed by atoms with Crippen molar-refractivity contribution in [3.63, 3.8) is 0 Å². The average Bonchev–Trinajstić information content (AvgIpc) is 3.25. The van der Waals surface area contributed by atoms with Crippen molar-refractivity contribution in [1.29, 1.82) is 0 Å². The molecule has 0 bridgehead atoms. The number of hydrogen-bond acceptors (Lipinski definition) is 4. The van der Waals surface area contributed by atoms with Gasteiger partial charge in [0.25, 0.3) is 0 Å². The Labute approximate surface area is 179 Å². The highest BCUT2D eigenvalue weighted by molar-refractivity contribution is 7.10. The van der Waals surface area contributed by atoms with Gasteiger partial charge in [0.1, 0.15) is 0 Å². The maximum Gasteiger partial charge on any atom is 0.224 e. The molecule has 1 aromatic heterocycles. The minimum atomic E-state index is 0.256. The fourth-order valence-electron chi connectivity index (χ4n) is 4.73. The van der Waals surface area contributed by atoms with Crippen LogP contribution in [-0.4, -0.2) is 68.0 Å². The lowest BCUT2D eigenvalue weighted by Gasteiger charge is -2.39. The van der Waals surface area contributed by atoms with E-state index in [4.69, 9.17) is 0 Å². The van der Waals surface area contributed by atoms with Crippen molar-refractivity contribution in [2.75, 3.05) is 40.3 Å². The maximum absolute atomic E-state index is 12.5. The molecular formula is C22H37N5OS. The number of amides is 1. The average molecular weight is 420 g/mol. The van der Waals surface area contributed by atoms with Crippen molar-refractivity contribution in [2.45, 2.75) is 57.5 Å². The van der Waals surface area contributed by atoms with Gasteiger partial charge in [-0.1, -0.05) is 6.07 Å². The highest BCUT2D eigenvalue weighted by atomic mass is 32.1. The van der Waals surface area contributed by atoms with E-state index < -0.39 is 0 Å². The smallest absolute Gasteiger partial charge is 0.224 e. The van der Waals surface area contributed by atoms with E-state index >= 15 is 0 Å². The Hall–Kier alpha value is -1.60. The number of carbonyl (C=O) groups is 1.